The van der Waals surface area contributed by atoms with Gasteiger partial charge in [0.1, 0.15) is 11.5 Å². The minimum absolute atomic E-state index is 0.00680. The molecule has 1 atom stereocenters. The van der Waals surface area contributed by atoms with Crippen molar-refractivity contribution in [3.8, 4) is 0 Å². The van der Waals surface area contributed by atoms with Crippen molar-refractivity contribution < 1.29 is 9.21 Å². The highest BCUT2D eigenvalue weighted by atomic mass is 16.3. The lowest BCUT2D eigenvalue weighted by Gasteiger charge is -2.21. The van der Waals surface area contributed by atoms with Gasteiger partial charge in [-0.1, -0.05) is 0 Å². The first kappa shape index (κ1) is 13.0. The lowest BCUT2D eigenvalue weighted by Crippen LogP contribution is -2.39. The molecule has 100 valence electrons. The molecule has 18 heavy (non-hydrogen) atoms. The number of hydrogen-bond donors (Lipinski definition) is 1. The van der Waals surface area contributed by atoms with Gasteiger partial charge in [-0.2, -0.15) is 0 Å². The van der Waals surface area contributed by atoms with E-state index in [1.807, 2.05) is 33.9 Å². The number of aryl methyl sites for hydroxylation is 2. The van der Waals surface area contributed by atoms with E-state index in [4.69, 9.17) is 4.42 Å². The molecule has 4 heteroatoms. The third-order valence-electron chi connectivity index (χ3n) is 3.46. The molecule has 1 fully saturated rings. The van der Waals surface area contributed by atoms with Crippen molar-refractivity contribution in [3.05, 3.63) is 23.2 Å². The number of carbonyl (C=O) groups excluding carboxylic acids is 1. The molecule has 1 heterocycles. The molecule has 1 aromatic heterocycles. The van der Waals surface area contributed by atoms with Gasteiger partial charge < -0.3 is 14.6 Å². The Morgan fingerprint density at radius 3 is 2.72 bits per heavy atom. The fourth-order valence-electron chi connectivity index (χ4n) is 2.22. The first-order chi connectivity index (χ1) is 8.47. The summed E-state index contributed by atoms with van der Waals surface area (Å²) >= 11 is 0. The van der Waals surface area contributed by atoms with Crippen molar-refractivity contribution >= 4 is 6.03 Å². The number of nitrogens with zero attached hydrogens (tertiary/aromatic N) is 1. The Morgan fingerprint density at radius 1 is 1.56 bits per heavy atom. The van der Waals surface area contributed by atoms with Crippen LogP contribution in [-0.4, -0.2) is 24.5 Å². The van der Waals surface area contributed by atoms with E-state index in [1.165, 1.54) is 12.8 Å². The molecule has 0 radical (unpaired) electrons. The summed E-state index contributed by atoms with van der Waals surface area (Å²) in [5, 5.41) is 3.01. The number of urea groups is 1. The smallest absolute Gasteiger partial charge is 0.317 e. The second kappa shape index (κ2) is 5.04. The summed E-state index contributed by atoms with van der Waals surface area (Å²) in [5.41, 5.74) is 1.06. The average Bonchev–Trinajstić information content (AvgIpc) is 3.02. The van der Waals surface area contributed by atoms with Gasteiger partial charge >= 0.3 is 6.03 Å². The van der Waals surface area contributed by atoms with Crippen molar-refractivity contribution in [1.82, 2.24) is 10.2 Å². The van der Waals surface area contributed by atoms with Crippen molar-refractivity contribution in [2.24, 2.45) is 5.92 Å². The van der Waals surface area contributed by atoms with E-state index < -0.39 is 0 Å². The molecule has 4 nitrogen and oxygen atoms in total. The van der Waals surface area contributed by atoms with Crippen LogP contribution in [0.1, 0.15) is 42.9 Å². The second-order valence-corrected chi connectivity index (χ2v) is 5.36. The quantitative estimate of drug-likeness (QED) is 0.892. The van der Waals surface area contributed by atoms with Crippen LogP contribution in [0.4, 0.5) is 4.79 Å². The molecular formula is C14H22N2O2. The number of hydrogen-bond acceptors (Lipinski definition) is 2. The van der Waals surface area contributed by atoms with Gasteiger partial charge in [-0.05, 0) is 45.6 Å². The van der Waals surface area contributed by atoms with E-state index >= 15 is 0 Å². The van der Waals surface area contributed by atoms with Crippen LogP contribution in [-0.2, 0) is 0 Å². The van der Waals surface area contributed by atoms with Gasteiger partial charge in [0, 0.05) is 19.2 Å². The normalized spacial score (nSPS) is 16.4. The molecule has 0 spiro atoms. The summed E-state index contributed by atoms with van der Waals surface area (Å²) < 4.78 is 5.49. The van der Waals surface area contributed by atoms with Gasteiger partial charge in [0.25, 0.3) is 0 Å². The van der Waals surface area contributed by atoms with Crippen LogP contribution in [0.5, 0.6) is 0 Å². The zero-order valence-corrected chi connectivity index (χ0v) is 11.6. The van der Waals surface area contributed by atoms with E-state index in [0.717, 1.165) is 23.6 Å². The monoisotopic (exact) mass is 250 g/mol. The largest absolute Gasteiger partial charge is 0.466 e. The minimum atomic E-state index is -0.0170. The van der Waals surface area contributed by atoms with Crippen LogP contribution >= 0.6 is 0 Å². The fourth-order valence-corrected chi connectivity index (χ4v) is 2.22. The van der Waals surface area contributed by atoms with Crippen LogP contribution in [0.15, 0.2) is 10.5 Å². The first-order valence-corrected chi connectivity index (χ1v) is 6.56. The lowest BCUT2D eigenvalue weighted by molar-refractivity contribution is 0.203. The molecular weight excluding hydrogens is 228 g/mol. The Hall–Kier alpha value is -1.45. The Balaban J connectivity index is 1.91. The van der Waals surface area contributed by atoms with Gasteiger partial charge in [0.15, 0.2) is 0 Å². The number of amides is 2. The van der Waals surface area contributed by atoms with E-state index in [-0.39, 0.29) is 12.1 Å². The maximum atomic E-state index is 12.0. The Bertz CT molecular complexity index is 435. The number of rotatable bonds is 4. The van der Waals surface area contributed by atoms with E-state index in [9.17, 15) is 4.79 Å². The van der Waals surface area contributed by atoms with Gasteiger partial charge in [-0.15, -0.1) is 0 Å². The van der Waals surface area contributed by atoms with Crippen LogP contribution < -0.4 is 5.32 Å². The van der Waals surface area contributed by atoms with Crippen LogP contribution in [0.2, 0.25) is 0 Å². The minimum Gasteiger partial charge on any atom is -0.466 e. The number of furan rings is 1. The summed E-state index contributed by atoms with van der Waals surface area (Å²) in [5.74, 6) is 2.48. The highest BCUT2D eigenvalue weighted by Gasteiger charge is 2.25. The highest BCUT2D eigenvalue weighted by molar-refractivity contribution is 5.74. The Labute approximate surface area is 108 Å². The van der Waals surface area contributed by atoms with Gasteiger partial charge in [-0.3, -0.25) is 0 Å². The van der Waals surface area contributed by atoms with Crippen molar-refractivity contribution in [2.45, 2.75) is 39.7 Å². The molecule has 0 saturated heterocycles. The van der Waals surface area contributed by atoms with Crippen molar-refractivity contribution in [3.63, 3.8) is 0 Å². The third kappa shape index (κ3) is 3.06. The molecule has 1 aliphatic rings. The van der Waals surface area contributed by atoms with E-state index in [2.05, 4.69) is 5.32 Å². The molecule has 0 bridgehead atoms. The summed E-state index contributed by atoms with van der Waals surface area (Å²) in [7, 11) is 1.86. The SMILES string of the molecule is Cc1cc([C@@H](C)NC(=O)N(C)CC2CC2)c(C)o1. The second-order valence-electron chi connectivity index (χ2n) is 5.36. The van der Waals surface area contributed by atoms with Crippen molar-refractivity contribution in [1.29, 1.82) is 0 Å². The first-order valence-electron chi connectivity index (χ1n) is 6.56. The molecule has 2 rings (SSSR count). The molecule has 0 aromatic carbocycles. The summed E-state index contributed by atoms with van der Waals surface area (Å²) in [4.78, 5) is 13.8. The lowest BCUT2D eigenvalue weighted by atomic mass is 10.1. The molecule has 0 aliphatic heterocycles. The van der Waals surface area contributed by atoms with Crippen LogP contribution in [0.3, 0.4) is 0 Å². The third-order valence-corrected chi connectivity index (χ3v) is 3.46. The predicted octanol–water partition coefficient (Wildman–Crippen LogP) is 3.01. The number of carbonyl (C=O) groups is 1. The maximum absolute atomic E-state index is 12.0. The summed E-state index contributed by atoms with van der Waals surface area (Å²) in [6.45, 7) is 6.70. The van der Waals surface area contributed by atoms with Gasteiger partial charge in [-0.25, -0.2) is 4.79 Å². The van der Waals surface area contributed by atoms with Gasteiger partial charge in [0.2, 0.25) is 0 Å². The molecule has 1 aromatic rings. The zero-order chi connectivity index (χ0) is 13.3. The van der Waals surface area contributed by atoms with E-state index in [1.54, 1.807) is 4.90 Å². The van der Waals surface area contributed by atoms with Crippen LogP contribution in [0.25, 0.3) is 0 Å². The topological polar surface area (TPSA) is 45.5 Å². The average molecular weight is 250 g/mol. The molecule has 1 saturated carbocycles. The van der Waals surface area contributed by atoms with Crippen molar-refractivity contribution in [2.75, 3.05) is 13.6 Å². The molecule has 1 N–H and O–H groups in total. The molecule has 0 unspecified atom stereocenters. The Kier molecular flexibility index (Phi) is 3.64. The van der Waals surface area contributed by atoms with Crippen LogP contribution in [0, 0.1) is 19.8 Å². The summed E-state index contributed by atoms with van der Waals surface area (Å²) in [6.07, 6.45) is 2.51. The predicted molar refractivity (Wildman–Crippen MR) is 70.5 cm³/mol. The van der Waals surface area contributed by atoms with Gasteiger partial charge in [0.05, 0.1) is 6.04 Å². The zero-order valence-electron chi connectivity index (χ0n) is 11.6. The maximum Gasteiger partial charge on any atom is 0.317 e. The summed E-state index contributed by atoms with van der Waals surface area (Å²) in [6, 6.07) is 1.96. The standard InChI is InChI=1S/C14H22N2O2/c1-9-7-13(11(3)18-9)10(2)15-14(17)16(4)8-12-5-6-12/h7,10,12H,5-6,8H2,1-4H3,(H,15,17)/t10-/m1/s1. The molecule has 2 amide bonds. The fraction of sp³-hybridized carbons (Fsp3) is 0.643. The highest BCUT2D eigenvalue weighted by Crippen LogP contribution is 2.29. The molecule has 1 aliphatic carbocycles. The Morgan fingerprint density at radius 2 is 2.22 bits per heavy atom. The van der Waals surface area contributed by atoms with E-state index in [0.29, 0.717) is 5.92 Å². The number of nitrogens with one attached hydrogen (secondary N) is 1.